The number of nitrogens with zero attached hydrogens (tertiary/aromatic N) is 2. The maximum absolute atomic E-state index is 5.51. The summed E-state index contributed by atoms with van der Waals surface area (Å²) >= 11 is 0. The van der Waals surface area contributed by atoms with E-state index in [4.69, 9.17) is 23.9 Å². The van der Waals surface area contributed by atoms with E-state index in [1.54, 1.807) is 0 Å². The van der Waals surface area contributed by atoms with Crippen LogP contribution in [0.1, 0.15) is 12.7 Å². The molecule has 0 amide bonds. The van der Waals surface area contributed by atoms with Crippen molar-refractivity contribution in [1.29, 1.82) is 0 Å². The Bertz CT molecular complexity index is 971. The van der Waals surface area contributed by atoms with Crippen LogP contribution in [-0.4, -0.2) is 23.6 Å². The highest BCUT2D eigenvalue weighted by Gasteiger charge is 2.20. The van der Waals surface area contributed by atoms with E-state index in [9.17, 15) is 0 Å². The molecule has 0 saturated heterocycles. The third-order valence-corrected chi connectivity index (χ3v) is 4.20. The second-order valence-electron chi connectivity index (χ2n) is 5.63. The van der Waals surface area contributed by atoms with Crippen LogP contribution in [0.4, 0.5) is 0 Å². The molecule has 3 heterocycles. The Morgan fingerprint density at radius 3 is 2.33 bits per heavy atom. The first kappa shape index (κ1) is 13.4. The summed E-state index contributed by atoms with van der Waals surface area (Å²) in [6.45, 7) is 2.53. The van der Waals surface area contributed by atoms with Crippen molar-refractivity contribution in [2.24, 2.45) is 0 Å². The van der Waals surface area contributed by atoms with Gasteiger partial charge in [0, 0.05) is 23.4 Å². The number of rotatable bonds is 2. The Kier molecular flexibility index (Phi) is 2.79. The fourth-order valence-corrected chi connectivity index (χ4v) is 2.99. The summed E-state index contributed by atoms with van der Waals surface area (Å²) in [4.78, 5) is 9.36. The lowest BCUT2D eigenvalue weighted by Gasteiger charge is -2.10. The standard InChI is InChI=1S/C18H14N2O4/c1-2-17-19-12-7-16-15(23-9-24-16)6-11(12)18(20-17)10-3-4-13-14(5-10)22-8-21-13/h3-7H,2,8-9H2,1H3. The van der Waals surface area contributed by atoms with E-state index in [0.29, 0.717) is 0 Å². The van der Waals surface area contributed by atoms with Crippen LogP contribution in [0.5, 0.6) is 23.0 Å². The van der Waals surface area contributed by atoms with Crippen molar-refractivity contribution in [1.82, 2.24) is 9.97 Å². The van der Waals surface area contributed by atoms with Crippen molar-refractivity contribution < 1.29 is 18.9 Å². The van der Waals surface area contributed by atoms with Crippen LogP contribution in [-0.2, 0) is 6.42 Å². The maximum Gasteiger partial charge on any atom is 0.231 e. The molecule has 6 heteroatoms. The van der Waals surface area contributed by atoms with Gasteiger partial charge in [-0.3, -0.25) is 0 Å². The van der Waals surface area contributed by atoms with Crippen molar-refractivity contribution in [3.05, 3.63) is 36.2 Å². The largest absolute Gasteiger partial charge is 0.454 e. The number of aromatic nitrogens is 2. The summed E-state index contributed by atoms with van der Waals surface area (Å²) in [5, 5.41) is 0.926. The molecule has 3 aromatic rings. The fraction of sp³-hybridized carbons (Fsp3) is 0.222. The van der Waals surface area contributed by atoms with E-state index in [0.717, 1.165) is 57.4 Å². The number of benzene rings is 2. The second kappa shape index (κ2) is 4.99. The molecule has 0 atom stereocenters. The molecule has 120 valence electrons. The zero-order chi connectivity index (χ0) is 16.1. The quantitative estimate of drug-likeness (QED) is 0.721. The summed E-state index contributed by atoms with van der Waals surface area (Å²) in [6, 6.07) is 9.70. The third-order valence-electron chi connectivity index (χ3n) is 4.20. The van der Waals surface area contributed by atoms with Crippen LogP contribution in [0.2, 0.25) is 0 Å². The molecule has 0 N–H and O–H groups in total. The minimum atomic E-state index is 0.235. The molecular formula is C18H14N2O4. The molecule has 2 aromatic carbocycles. The molecule has 6 nitrogen and oxygen atoms in total. The SMILES string of the molecule is CCc1nc(-c2ccc3c(c2)OCO3)c2cc3c(cc2n1)OCO3. The summed E-state index contributed by atoms with van der Waals surface area (Å²) in [6.07, 6.45) is 0.752. The van der Waals surface area contributed by atoms with Crippen LogP contribution >= 0.6 is 0 Å². The highest BCUT2D eigenvalue weighted by Crippen LogP contribution is 2.40. The van der Waals surface area contributed by atoms with Crippen molar-refractivity contribution in [3.8, 4) is 34.3 Å². The van der Waals surface area contributed by atoms with Gasteiger partial charge < -0.3 is 18.9 Å². The van der Waals surface area contributed by atoms with E-state index in [1.807, 2.05) is 37.3 Å². The fourth-order valence-electron chi connectivity index (χ4n) is 2.99. The molecule has 0 spiro atoms. The lowest BCUT2D eigenvalue weighted by atomic mass is 10.0. The predicted molar refractivity (Wildman–Crippen MR) is 86.6 cm³/mol. The second-order valence-corrected chi connectivity index (χ2v) is 5.63. The van der Waals surface area contributed by atoms with Gasteiger partial charge in [0.1, 0.15) is 5.82 Å². The van der Waals surface area contributed by atoms with Crippen LogP contribution in [0.25, 0.3) is 22.2 Å². The van der Waals surface area contributed by atoms with E-state index < -0.39 is 0 Å². The first-order valence-corrected chi connectivity index (χ1v) is 7.82. The Morgan fingerprint density at radius 2 is 1.54 bits per heavy atom. The van der Waals surface area contributed by atoms with Crippen molar-refractivity contribution >= 4 is 10.9 Å². The molecule has 0 fully saturated rings. The summed E-state index contributed by atoms with van der Waals surface area (Å²) in [5.41, 5.74) is 2.66. The minimum Gasteiger partial charge on any atom is -0.454 e. The van der Waals surface area contributed by atoms with Gasteiger partial charge >= 0.3 is 0 Å². The average molecular weight is 322 g/mol. The van der Waals surface area contributed by atoms with E-state index in [1.165, 1.54) is 0 Å². The maximum atomic E-state index is 5.51. The predicted octanol–water partition coefficient (Wildman–Crippen LogP) is 3.32. The number of hydrogen-bond donors (Lipinski definition) is 0. The molecule has 2 aliphatic rings. The van der Waals surface area contributed by atoms with Gasteiger partial charge in [-0.1, -0.05) is 6.92 Å². The number of hydrogen-bond acceptors (Lipinski definition) is 6. The minimum absolute atomic E-state index is 0.235. The van der Waals surface area contributed by atoms with E-state index >= 15 is 0 Å². The highest BCUT2D eigenvalue weighted by molar-refractivity contribution is 5.95. The Labute approximate surface area is 138 Å². The molecule has 0 unspecified atom stereocenters. The van der Waals surface area contributed by atoms with Gasteiger partial charge in [-0.25, -0.2) is 9.97 Å². The highest BCUT2D eigenvalue weighted by atomic mass is 16.7. The van der Waals surface area contributed by atoms with Gasteiger partial charge in [0.2, 0.25) is 13.6 Å². The first-order chi connectivity index (χ1) is 11.8. The molecule has 0 bridgehead atoms. The van der Waals surface area contributed by atoms with Gasteiger partial charge in [-0.05, 0) is 24.3 Å². The average Bonchev–Trinajstić information content (AvgIpc) is 3.26. The summed E-state index contributed by atoms with van der Waals surface area (Å²) in [5.74, 6) is 3.72. The Morgan fingerprint density at radius 1 is 0.833 bits per heavy atom. The van der Waals surface area contributed by atoms with E-state index in [-0.39, 0.29) is 13.6 Å². The monoisotopic (exact) mass is 322 g/mol. The summed E-state index contributed by atoms with van der Waals surface area (Å²) in [7, 11) is 0. The molecule has 5 rings (SSSR count). The number of fused-ring (bicyclic) bond motifs is 3. The Hall–Kier alpha value is -3.02. The van der Waals surface area contributed by atoms with Gasteiger partial charge in [-0.15, -0.1) is 0 Å². The van der Waals surface area contributed by atoms with Crippen molar-refractivity contribution in [2.75, 3.05) is 13.6 Å². The Balaban J connectivity index is 1.77. The van der Waals surface area contributed by atoms with Crippen LogP contribution in [0.15, 0.2) is 30.3 Å². The van der Waals surface area contributed by atoms with Crippen LogP contribution in [0, 0.1) is 0 Å². The molecule has 24 heavy (non-hydrogen) atoms. The molecular weight excluding hydrogens is 308 g/mol. The third kappa shape index (κ3) is 1.96. The van der Waals surface area contributed by atoms with Crippen LogP contribution in [0.3, 0.4) is 0 Å². The topological polar surface area (TPSA) is 62.7 Å². The van der Waals surface area contributed by atoms with Gasteiger partial charge in [0.15, 0.2) is 23.0 Å². The van der Waals surface area contributed by atoms with Crippen molar-refractivity contribution in [3.63, 3.8) is 0 Å². The summed E-state index contributed by atoms with van der Waals surface area (Å²) < 4.78 is 21.9. The van der Waals surface area contributed by atoms with E-state index in [2.05, 4.69) is 4.98 Å². The van der Waals surface area contributed by atoms with Gasteiger partial charge in [0.25, 0.3) is 0 Å². The zero-order valence-corrected chi connectivity index (χ0v) is 13.0. The normalized spacial score (nSPS) is 14.4. The molecule has 0 saturated carbocycles. The number of ether oxygens (including phenoxy) is 4. The number of aryl methyl sites for hydroxylation is 1. The smallest absolute Gasteiger partial charge is 0.231 e. The molecule has 0 radical (unpaired) electrons. The molecule has 0 aliphatic carbocycles. The van der Waals surface area contributed by atoms with Crippen LogP contribution < -0.4 is 18.9 Å². The molecule has 1 aromatic heterocycles. The van der Waals surface area contributed by atoms with Gasteiger partial charge in [-0.2, -0.15) is 0 Å². The zero-order valence-electron chi connectivity index (χ0n) is 13.0. The van der Waals surface area contributed by atoms with Gasteiger partial charge in [0.05, 0.1) is 11.2 Å². The van der Waals surface area contributed by atoms with Crippen molar-refractivity contribution in [2.45, 2.75) is 13.3 Å². The first-order valence-electron chi connectivity index (χ1n) is 7.82. The lowest BCUT2D eigenvalue weighted by molar-refractivity contribution is 0.173. The lowest BCUT2D eigenvalue weighted by Crippen LogP contribution is -1.97. The molecule has 2 aliphatic heterocycles.